The monoisotopic (exact) mass is 381 g/mol. The second kappa shape index (κ2) is 19.3. The lowest BCUT2D eigenvalue weighted by Gasteiger charge is -2.39. The first-order chi connectivity index (χ1) is 13.1. The van der Waals surface area contributed by atoms with Crippen molar-refractivity contribution in [2.75, 3.05) is 0 Å². The Kier molecular flexibility index (Phi) is 19.3. The third-order valence-corrected chi connectivity index (χ3v) is 6.62. The van der Waals surface area contributed by atoms with Gasteiger partial charge in [-0.1, -0.05) is 130 Å². The summed E-state index contributed by atoms with van der Waals surface area (Å²) in [5.41, 5.74) is 7.30. The molecule has 0 heterocycles. The number of rotatable bonds is 21. The highest BCUT2D eigenvalue weighted by molar-refractivity contribution is 4.91. The highest BCUT2D eigenvalue weighted by Gasteiger charge is 2.32. The zero-order valence-electron chi connectivity index (χ0n) is 19.8. The van der Waals surface area contributed by atoms with Crippen LogP contribution in [0.3, 0.4) is 0 Å². The van der Waals surface area contributed by atoms with Crippen molar-refractivity contribution in [2.45, 2.75) is 162 Å². The van der Waals surface area contributed by atoms with E-state index in [4.69, 9.17) is 5.73 Å². The Morgan fingerprint density at radius 1 is 0.481 bits per heavy atom. The minimum absolute atomic E-state index is 0.111. The molecule has 0 radical (unpaired) electrons. The third kappa shape index (κ3) is 14.6. The van der Waals surface area contributed by atoms with Crippen LogP contribution in [-0.4, -0.2) is 5.54 Å². The summed E-state index contributed by atoms with van der Waals surface area (Å²) in [6, 6.07) is 0. The van der Waals surface area contributed by atoms with E-state index in [0.29, 0.717) is 0 Å². The maximum atomic E-state index is 7.19. The Hall–Kier alpha value is -0.0400. The highest BCUT2D eigenvalue weighted by atomic mass is 14.8. The normalized spacial score (nSPS) is 13.2. The second-order valence-electron chi connectivity index (χ2n) is 9.25. The van der Waals surface area contributed by atoms with Gasteiger partial charge in [-0.05, 0) is 31.6 Å². The lowest BCUT2D eigenvalue weighted by molar-refractivity contribution is 0.190. The summed E-state index contributed by atoms with van der Waals surface area (Å²) >= 11 is 0. The van der Waals surface area contributed by atoms with Crippen molar-refractivity contribution < 1.29 is 0 Å². The lowest BCUT2D eigenvalue weighted by atomic mass is 9.72. The maximum Gasteiger partial charge on any atom is 0.0182 e. The van der Waals surface area contributed by atoms with Crippen molar-refractivity contribution in [1.29, 1.82) is 0 Å². The van der Waals surface area contributed by atoms with Gasteiger partial charge in [-0.3, -0.25) is 0 Å². The van der Waals surface area contributed by atoms with Gasteiger partial charge in [-0.15, -0.1) is 0 Å². The fraction of sp³-hybridized carbons (Fsp3) is 1.00. The topological polar surface area (TPSA) is 26.0 Å². The van der Waals surface area contributed by atoms with Gasteiger partial charge in [0.25, 0.3) is 0 Å². The Morgan fingerprint density at radius 2 is 0.815 bits per heavy atom. The number of nitrogens with two attached hydrogens (primary N) is 1. The molecule has 0 saturated heterocycles. The van der Waals surface area contributed by atoms with E-state index in [9.17, 15) is 0 Å². The first-order valence-corrected chi connectivity index (χ1v) is 12.9. The molecule has 0 aliphatic heterocycles. The average molecular weight is 382 g/mol. The first kappa shape index (κ1) is 27.0. The van der Waals surface area contributed by atoms with E-state index >= 15 is 0 Å². The molecule has 0 fully saturated rings. The van der Waals surface area contributed by atoms with Crippen LogP contribution in [0.25, 0.3) is 0 Å². The quantitative estimate of drug-likeness (QED) is 0.197. The van der Waals surface area contributed by atoms with Gasteiger partial charge in [0.2, 0.25) is 0 Å². The van der Waals surface area contributed by atoms with Crippen LogP contribution < -0.4 is 5.73 Å². The zero-order chi connectivity index (χ0) is 20.2. The van der Waals surface area contributed by atoms with E-state index < -0.39 is 0 Å². The lowest BCUT2D eigenvalue weighted by Crippen LogP contribution is -2.47. The van der Waals surface area contributed by atoms with Crippen molar-refractivity contribution in [3.63, 3.8) is 0 Å². The van der Waals surface area contributed by atoms with E-state index in [1.807, 2.05) is 0 Å². The molecular weight excluding hydrogens is 326 g/mol. The zero-order valence-corrected chi connectivity index (χ0v) is 19.8. The van der Waals surface area contributed by atoms with Gasteiger partial charge in [0.1, 0.15) is 0 Å². The summed E-state index contributed by atoms with van der Waals surface area (Å²) in [5.74, 6) is 0.758. The molecule has 0 bridgehead atoms. The van der Waals surface area contributed by atoms with Crippen molar-refractivity contribution in [3.8, 4) is 0 Å². The summed E-state index contributed by atoms with van der Waals surface area (Å²) in [7, 11) is 0. The van der Waals surface area contributed by atoms with Crippen LogP contribution in [0.4, 0.5) is 0 Å². The minimum atomic E-state index is 0.111. The van der Waals surface area contributed by atoms with Crippen LogP contribution >= 0.6 is 0 Å². The summed E-state index contributed by atoms with van der Waals surface area (Å²) in [6.45, 7) is 9.25. The molecular formula is C26H55N. The summed E-state index contributed by atoms with van der Waals surface area (Å²) in [6.07, 6.45) is 27.3. The predicted octanol–water partition coefficient (Wildman–Crippen LogP) is 9.18. The molecule has 0 aromatic heterocycles. The van der Waals surface area contributed by atoms with E-state index in [-0.39, 0.29) is 5.54 Å². The van der Waals surface area contributed by atoms with E-state index in [1.54, 1.807) is 0 Å². The van der Waals surface area contributed by atoms with Gasteiger partial charge in [-0.25, -0.2) is 0 Å². The van der Waals surface area contributed by atoms with Crippen molar-refractivity contribution in [3.05, 3.63) is 0 Å². The summed E-state index contributed by atoms with van der Waals surface area (Å²) in [5, 5.41) is 0. The summed E-state index contributed by atoms with van der Waals surface area (Å²) < 4.78 is 0. The molecule has 27 heavy (non-hydrogen) atoms. The molecule has 1 nitrogen and oxygen atoms in total. The van der Waals surface area contributed by atoms with Gasteiger partial charge in [-0.2, -0.15) is 0 Å². The molecule has 0 aromatic rings. The Bertz CT molecular complexity index is 276. The van der Waals surface area contributed by atoms with Crippen molar-refractivity contribution >= 4 is 0 Å². The third-order valence-electron chi connectivity index (χ3n) is 6.62. The first-order valence-electron chi connectivity index (χ1n) is 12.9. The van der Waals surface area contributed by atoms with Crippen molar-refractivity contribution in [2.24, 2.45) is 11.7 Å². The largest absolute Gasteiger partial charge is 0.325 e. The van der Waals surface area contributed by atoms with E-state index in [0.717, 1.165) is 5.92 Å². The Morgan fingerprint density at radius 3 is 1.30 bits per heavy atom. The van der Waals surface area contributed by atoms with Gasteiger partial charge in [0.15, 0.2) is 0 Å². The molecule has 0 spiro atoms. The molecule has 0 aliphatic carbocycles. The van der Waals surface area contributed by atoms with Crippen LogP contribution in [0.15, 0.2) is 0 Å². The molecule has 164 valence electrons. The molecule has 0 saturated carbocycles. The molecule has 1 heteroatoms. The number of unbranched alkanes of at least 4 members (excludes halogenated alkanes) is 12. The molecule has 0 rings (SSSR count). The maximum absolute atomic E-state index is 7.19. The molecule has 0 aromatic carbocycles. The Labute approximate surface area is 173 Å². The molecule has 1 atom stereocenters. The van der Waals surface area contributed by atoms with Gasteiger partial charge in [0.05, 0.1) is 0 Å². The number of hydrogen-bond donors (Lipinski definition) is 1. The molecule has 2 N–H and O–H groups in total. The minimum Gasteiger partial charge on any atom is -0.325 e. The van der Waals surface area contributed by atoms with Crippen molar-refractivity contribution in [1.82, 2.24) is 0 Å². The fourth-order valence-electron chi connectivity index (χ4n) is 4.65. The predicted molar refractivity (Wildman–Crippen MR) is 125 cm³/mol. The second-order valence-corrected chi connectivity index (χ2v) is 9.25. The van der Waals surface area contributed by atoms with Gasteiger partial charge in [0, 0.05) is 5.54 Å². The number of hydrogen-bond acceptors (Lipinski definition) is 1. The fourth-order valence-corrected chi connectivity index (χ4v) is 4.65. The van der Waals surface area contributed by atoms with E-state index in [1.165, 1.54) is 128 Å². The van der Waals surface area contributed by atoms with Crippen LogP contribution in [0, 0.1) is 5.92 Å². The standard InChI is InChI=1S/C26H55N/c1-5-9-13-14-15-16-18-22-25(21-17-10-6-2)26(27,23-19-11-7-3)24-20-12-8-4/h25H,5-24,27H2,1-4H3. The van der Waals surface area contributed by atoms with Crippen LogP contribution in [0.5, 0.6) is 0 Å². The van der Waals surface area contributed by atoms with Crippen LogP contribution in [0.1, 0.15) is 156 Å². The van der Waals surface area contributed by atoms with Gasteiger partial charge >= 0.3 is 0 Å². The molecule has 1 unspecified atom stereocenters. The SMILES string of the molecule is CCCCCCCCCC(CCCCC)C(N)(CCCCC)CCCCC. The van der Waals surface area contributed by atoms with E-state index in [2.05, 4.69) is 27.7 Å². The van der Waals surface area contributed by atoms with Crippen LogP contribution in [-0.2, 0) is 0 Å². The average Bonchev–Trinajstić information content (AvgIpc) is 2.66. The molecule has 0 aliphatic rings. The summed E-state index contributed by atoms with van der Waals surface area (Å²) in [4.78, 5) is 0. The smallest absolute Gasteiger partial charge is 0.0182 e. The Balaban J connectivity index is 4.63. The highest BCUT2D eigenvalue weighted by Crippen LogP contribution is 2.35. The van der Waals surface area contributed by atoms with Gasteiger partial charge < -0.3 is 5.73 Å². The van der Waals surface area contributed by atoms with Crippen LogP contribution in [0.2, 0.25) is 0 Å². The molecule has 0 amide bonds.